The molecule has 26 heavy (non-hydrogen) atoms. The van der Waals surface area contributed by atoms with Gasteiger partial charge in [0.1, 0.15) is 4.88 Å². The fraction of sp³-hybridized carbons (Fsp3) is 0.111. The molecule has 3 rings (SSSR count). The number of carbonyl (C=O) groups is 2. The average molecular weight is 518 g/mol. The van der Waals surface area contributed by atoms with Crippen LogP contribution in [0.5, 0.6) is 0 Å². The van der Waals surface area contributed by atoms with Crippen molar-refractivity contribution < 1.29 is 14.3 Å². The van der Waals surface area contributed by atoms with Crippen LogP contribution in [-0.2, 0) is 9.53 Å². The average Bonchev–Trinajstić information content (AvgIpc) is 2.93. The molecule has 2 aromatic carbocycles. The van der Waals surface area contributed by atoms with Crippen LogP contribution in [0.2, 0.25) is 5.02 Å². The normalized spacial score (nSPS) is 10.8. The largest absolute Gasteiger partial charge is 0.451 e. The summed E-state index contributed by atoms with van der Waals surface area (Å²) in [5, 5.41) is 3.86. The van der Waals surface area contributed by atoms with E-state index in [2.05, 4.69) is 37.2 Å². The third kappa shape index (κ3) is 4.11. The maximum absolute atomic E-state index is 12.3. The number of hydrogen-bond donors (Lipinski definition) is 1. The number of nitrogens with one attached hydrogen (secondary N) is 1. The van der Waals surface area contributed by atoms with E-state index in [1.165, 1.54) is 11.3 Å². The molecule has 0 saturated heterocycles. The molecule has 0 aliphatic rings. The standard InChI is InChI=1S/C18H12Br2ClNO3S/c1-9-6-11(19)16(12(20)7-9)22-14(23)8-25-18(24)17-15(21)10-4-2-3-5-13(10)26-17/h2-7H,8H2,1H3,(H,22,23). The first-order chi connectivity index (χ1) is 12.4. The molecule has 1 amide bonds. The number of rotatable bonds is 4. The van der Waals surface area contributed by atoms with E-state index in [1.54, 1.807) is 0 Å². The highest BCUT2D eigenvalue weighted by Crippen LogP contribution is 2.35. The summed E-state index contributed by atoms with van der Waals surface area (Å²) in [7, 11) is 0. The molecule has 0 atom stereocenters. The Labute approximate surface area is 175 Å². The Balaban J connectivity index is 1.67. The van der Waals surface area contributed by atoms with Gasteiger partial charge < -0.3 is 10.1 Å². The van der Waals surface area contributed by atoms with Gasteiger partial charge in [0, 0.05) is 19.0 Å². The fourth-order valence-electron chi connectivity index (χ4n) is 2.34. The second-order valence-electron chi connectivity index (χ2n) is 5.47. The van der Waals surface area contributed by atoms with Crippen molar-refractivity contribution in [1.29, 1.82) is 0 Å². The van der Waals surface area contributed by atoms with E-state index in [0.717, 1.165) is 24.6 Å². The van der Waals surface area contributed by atoms with Crippen molar-refractivity contribution in [3.8, 4) is 0 Å². The lowest BCUT2D eigenvalue weighted by molar-refractivity contribution is -0.119. The number of halogens is 3. The fourth-order valence-corrected chi connectivity index (χ4v) is 5.35. The zero-order chi connectivity index (χ0) is 18.8. The number of aryl methyl sites for hydroxylation is 1. The van der Waals surface area contributed by atoms with Gasteiger partial charge in [0.2, 0.25) is 0 Å². The van der Waals surface area contributed by atoms with E-state index in [4.69, 9.17) is 16.3 Å². The minimum Gasteiger partial charge on any atom is -0.451 e. The van der Waals surface area contributed by atoms with E-state index in [-0.39, 0.29) is 0 Å². The van der Waals surface area contributed by atoms with Crippen LogP contribution in [-0.4, -0.2) is 18.5 Å². The van der Waals surface area contributed by atoms with Gasteiger partial charge in [-0.05, 0) is 62.5 Å². The highest BCUT2D eigenvalue weighted by molar-refractivity contribution is 9.11. The topological polar surface area (TPSA) is 55.4 Å². The molecule has 0 unspecified atom stereocenters. The molecule has 0 fully saturated rings. The molecular formula is C18H12Br2ClNO3S. The minimum absolute atomic E-state index is 0.290. The lowest BCUT2D eigenvalue weighted by atomic mass is 10.2. The van der Waals surface area contributed by atoms with Crippen LogP contribution in [0.15, 0.2) is 45.3 Å². The van der Waals surface area contributed by atoms with Crippen molar-refractivity contribution >= 4 is 82.4 Å². The summed E-state index contributed by atoms with van der Waals surface area (Å²) in [6, 6.07) is 11.2. The molecule has 134 valence electrons. The maximum Gasteiger partial charge on any atom is 0.350 e. The maximum atomic E-state index is 12.3. The molecule has 3 aromatic rings. The van der Waals surface area contributed by atoms with Crippen molar-refractivity contribution in [3.63, 3.8) is 0 Å². The van der Waals surface area contributed by atoms with Gasteiger partial charge >= 0.3 is 5.97 Å². The van der Waals surface area contributed by atoms with Crippen LogP contribution in [0, 0.1) is 6.92 Å². The van der Waals surface area contributed by atoms with Crippen molar-refractivity contribution in [2.75, 3.05) is 11.9 Å². The summed E-state index contributed by atoms with van der Waals surface area (Å²) in [6.07, 6.45) is 0. The third-order valence-corrected chi connectivity index (χ3v) is 6.41. The van der Waals surface area contributed by atoms with E-state index >= 15 is 0 Å². The summed E-state index contributed by atoms with van der Waals surface area (Å²) in [5.41, 5.74) is 1.61. The number of amides is 1. The number of thiophene rings is 1. The first-order valence-electron chi connectivity index (χ1n) is 7.46. The number of fused-ring (bicyclic) bond motifs is 1. The van der Waals surface area contributed by atoms with Gasteiger partial charge in [-0.2, -0.15) is 0 Å². The van der Waals surface area contributed by atoms with Crippen molar-refractivity contribution in [3.05, 3.63) is 60.8 Å². The predicted octanol–water partition coefficient (Wildman–Crippen LogP) is 6.18. The molecule has 4 nitrogen and oxygen atoms in total. The quantitative estimate of drug-likeness (QED) is 0.420. The third-order valence-electron chi connectivity index (χ3n) is 3.51. The number of hydrogen-bond acceptors (Lipinski definition) is 4. The highest BCUT2D eigenvalue weighted by Gasteiger charge is 2.19. The summed E-state index contributed by atoms with van der Waals surface area (Å²) in [4.78, 5) is 24.7. The zero-order valence-electron chi connectivity index (χ0n) is 13.4. The summed E-state index contributed by atoms with van der Waals surface area (Å²) >= 11 is 14.3. The SMILES string of the molecule is Cc1cc(Br)c(NC(=O)COC(=O)c2sc3ccccc3c2Cl)c(Br)c1. The van der Waals surface area contributed by atoms with Gasteiger partial charge in [-0.3, -0.25) is 4.79 Å². The Hall–Kier alpha value is -1.41. The summed E-state index contributed by atoms with van der Waals surface area (Å²) < 4.78 is 7.48. The number of anilines is 1. The molecule has 8 heteroatoms. The van der Waals surface area contributed by atoms with E-state index in [1.807, 2.05) is 43.3 Å². The lowest BCUT2D eigenvalue weighted by Gasteiger charge is -2.11. The smallest absolute Gasteiger partial charge is 0.350 e. The summed E-state index contributed by atoms with van der Waals surface area (Å²) in [5.74, 6) is -1.06. The van der Waals surface area contributed by atoms with Crippen LogP contribution in [0.4, 0.5) is 5.69 Å². The van der Waals surface area contributed by atoms with Crippen LogP contribution in [0.1, 0.15) is 15.2 Å². The van der Waals surface area contributed by atoms with Gasteiger partial charge in [0.25, 0.3) is 5.91 Å². The Kier molecular flexibility index (Phi) is 6.02. The first kappa shape index (κ1) is 19.4. The van der Waals surface area contributed by atoms with Crippen LogP contribution in [0.3, 0.4) is 0 Å². The molecule has 1 aromatic heterocycles. The van der Waals surface area contributed by atoms with Gasteiger partial charge in [0.05, 0.1) is 10.7 Å². The molecule has 0 spiro atoms. The number of ether oxygens (including phenoxy) is 1. The van der Waals surface area contributed by atoms with Crippen LogP contribution < -0.4 is 5.32 Å². The molecule has 1 heterocycles. The first-order valence-corrected chi connectivity index (χ1v) is 10.2. The van der Waals surface area contributed by atoms with Crippen molar-refractivity contribution in [1.82, 2.24) is 0 Å². The Morgan fingerprint density at radius 2 is 1.85 bits per heavy atom. The van der Waals surface area contributed by atoms with Gasteiger partial charge in [-0.15, -0.1) is 11.3 Å². The van der Waals surface area contributed by atoms with Crippen molar-refractivity contribution in [2.24, 2.45) is 0 Å². The zero-order valence-corrected chi connectivity index (χ0v) is 18.2. The van der Waals surface area contributed by atoms with Gasteiger partial charge in [-0.25, -0.2) is 4.79 Å². The molecule has 0 aliphatic carbocycles. The van der Waals surface area contributed by atoms with Gasteiger partial charge in [0.15, 0.2) is 6.61 Å². The second kappa shape index (κ2) is 8.08. The number of esters is 1. The molecule has 1 N–H and O–H groups in total. The Bertz CT molecular complexity index is 996. The summed E-state index contributed by atoms with van der Waals surface area (Å²) in [6.45, 7) is 1.54. The monoisotopic (exact) mass is 515 g/mol. The Morgan fingerprint density at radius 3 is 2.50 bits per heavy atom. The van der Waals surface area contributed by atoms with Crippen molar-refractivity contribution in [2.45, 2.75) is 6.92 Å². The number of carbonyl (C=O) groups excluding carboxylic acids is 2. The van der Waals surface area contributed by atoms with Crippen LogP contribution >= 0.6 is 54.8 Å². The molecule has 0 bridgehead atoms. The molecule has 0 saturated carbocycles. The minimum atomic E-state index is -0.617. The second-order valence-corrected chi connectivity index (χ2v) is 8.61. The lowest BCUT2D eigenvalue weighted by Crippen LogP contribution is -2.21. The van der Waals surface area contributed by atoms with E-state index in [0.29, 0.717) is 15.6 Å². The van der Waals surface area contributed by atoms with Crippen LogP contribution in [0.25, 0.3) is 10.1 Å². The molecule has 0 radical (unpaired) electrons. The Morgan fingerprint density at radius 1 is 1.19 bits per heavy atom. The highest BCUT2D eigenvalue weighted by atomic mass is 79.9. The van der Waals surface area contributed by atoms with E-state index < -0.39 is 18.5 Å². The van der Waals surface area contributed by atoms with E-state index in [9.17, 15) is 9.59 Å². The van der Waals surface area contributed by atoms with Gasteiger partial charge in [-0.1, -0.05) is 29.8 Å². The predicted molar refractivity (Wildman–Crippen MR) is 112 cm³/mol. The molecule has 0 aliphatic heterocycles. The number of benzene rings is 2. The molecular weight excluding hydrogens is 506 g/mol.